The molecular formula is C25H25N3O4S. The lowest BCUT2D eigenvalue weighted by Crippen LogP contribution is -2.35. The van der Waals surface area contributed by atoms with Gasteiger partial charge in [0.05, 0.1) is 10.6 Å². The first-order chi connectivity index (χ1) is 15.9. The van der Waals surface area contributed by atoms with Crippen molar-refractivity contribution < 1.29 is 18.0 Å². The van der Waals surface area contributed by atoms with Crippen molar-refractivity contribution in [1.82, 2.24) is 0 Å². The van der Waals surface area contributed by atoms with E-state index in [1.807, 2.05) is 24.3 Å². The number of aryl methyl sites for hydroxylation is 1. The van der Waals surface area contributed by atoms with Gasteiger partial charge < -0.3 is 10.6 Å². The molecule has 1 aliphatic rings. The Hall–Kier alpha value is -3.65. The van der Waals surface area contributed by atoms with Gasteiger partial charge in [-0.05, 0) is 73.0 Å². The van der Waals surface area contributed by atoms with Gasteiger partial charge in [-0.3, -0.25) is 13.9 Å². The summed E-state index contributed by atoms with van der Waals surface area (Å²) in [6.45, 7) is 2.20. The summed E-state index contributed by atoms with van der Waals surface area (Å²) in [5.74, 6) is -0.431. The van der Waals surface area contributed by atoms with Gasteiger partial charge >= 0.3 is 0 Å². The number of nitrogens with one attached hydrogen (secondary N) is 2. The van der Waals surface area contributed by atoms with Gasteiger partial charge in [0.2, 0.25) is 5.91 Å². The molecule has 0 spiro atoms. The van der Waals surface area contributed by atoms with Gasteiger partial charge in [0, 0.05) is 29.9 Å². The zero-order chi connectivity index (χ0) is 23.4. The third-order valence-electron chi connectivity index (χ3n) is 5.52. The molecule has 0 aromatic heterocycles. The molecular weight excluding hydrogens is 438 g/mol. The van der Waals surface area contributed by atoms with Crippen LogP contribution in [0.3, 0.4) is 0 Å². The van der Waals surface area contributed by atoms with Crippen LogP contribution in [0.4, 0.5) is 17.1 Å². The maximum absolute atomic E-state index is 13.2. The van der Waals surface area contributed by atoms with Gasteiger partial charge in [-0.15, -0.1) is 0 Å². The molecule has 7 nitrogen and oxygen atoms in total. The lowest BCUT2D eigenvalue weighted by Gasteiger charge is -2.30. The van der Waals surface area contributed by atoms with E-state index in [4.69, 9.17) is 0 Å². The van der Waals surface area contributed by atoms with E-state index in [1.54, 1.807) is 43.3 Å². The lowest BCUT2D eigenvalue weighted by atomic mass is 10.0. The van der Waals surface area contributed by atoms with Crippen LogP contribution in [0, 0.1) is 0 Å². The predicted molar refractivity (Wildman–Crippen MR) is 129 cm³/mol. The SMILES string of the molecule is CCC(=O)Nc1ccc(C(=O)Nc2ccc(S(=O)(=O)N3CCCc4ccccc43)cc2)cc1. The summed E-state index contributed by atoms with van der Waals surface area (Å²) in [4.78, 5) is 24.2. The van der Waals surface area contributed by atoms with Gasteiger partial charge in [-0.1, -0.05) is 25.1 Å². The molecule has 0 fully saturated rings. The zero-order valence-corrected chi connectivity index (χ0v) is 19.1. The van der Waals surface area contributed by atoms with Crippen molar-refractivity contribution in [2.24, 2.45) is 0 Å². The van der Waals surface area contributed by atoms with Crippen molar-refractivity contribution in [3.05, 3.63) is 83.9 Å². The maximum atomic E-state index is 13.2. The van der Waals surface area contributed by atoms with E-state index in [9.17, 15) is 18.0 Å². The molecule has 0 unspecified atom stereocenters. The Balaban J connectivity index is 1.46. The Bertz CT molecular complexity index is 1270. The molecule has 4 rings (SSSR count). The number of hydrogen-bond acceptors (Lipinski definition) is 4. The molecule has 1 heterocycles. The molecule has 0 aliphatic carbocycles. The van der Waals surface area contributed by atoms with Crippen LogP contribution in [0.25, 0.3) is 0 Å². The maximum Gasteiger partial charge on any atom is 0.264 e. The molecule has 0 saturated carbocycles. The smallest absolute Gasteiger partial charge is 0.264 e. The summed E-state index contributed by atoms with van der Waals surface area (Å²) in [6.07, 6.45) is 2.00. The van der Waals surface area contributed by atoms with Crippen LogP contribution in [-0.4, -0.2) is 26.8 Å². The quantitative estimate of drug-likeness (QED) is 0.565. The predicted octanol–water partition coefficient (Wildman–Crippen LogP) is 4.43. The summed E-state index contributed by atoms with van der Waals surface area (Å²) < 4.78 is 27.9. The highest BCUT2D eigenvalue weighted by Gasteiger charge is 2.28. The standard InChI is InChI=1S/C25H25N3O4S/c1-2-24(29)26-20-11-9-19(10-12-20)25(30)27-21-13-15-22(16-14-21)33(31,32)28-17-5-7-18-6-3-4-8-23(18)28/h3-4,6,8-16H,2,5,7,17H2,1H3,(H,26,29)(H,27,30). The summed E-state index contributed by atoms with van der Waals surface area (Å²) in [5, 5.41) is 5.50. The van der Waals surface area contributed by atoms with Gasteiger partial charge in [-0.25, -0.2) is 8.42 Å². The molecule has 0 bridgehead atoms. The fourth-order valence-corrected chi connectivity index (χ4v) is 5.28. The third-order valence-corrected chi connectivity index (χ3v) is 7.35. The molecule has 2 amide bonds. The van der Waals surface area contributed by atoms with E-state index in [0.717, 1.165) is 24.1 Å². The average molecular weight is 464 g/mol. The van der Waals surface area contributed by atoms with Gasteiger partial charge in [-0.2, -0.15) is 0 Å². The Morgan fingerprint density at radius 1 is 0.879 bits per heavy atom. The Kier molecular flexibility index (Phi) is 6.46. The summed E-state index contributed by atoms with van der Waals surface area (Å²) in [6, 6.07) is 20.3. The average Bonchev–Trinajstić information content (AvgIpc) is 2.84. The monoisotopic (exact) mass is 463 g/mol. The Labute approximate surface area is 193 Å². The fourth-order valence-electron chi connectivity index (χ4n) is 3.74. The van der Waals surface area contributed by atoms with Crippen molar-refractivity contribution >= 4 is 38.9 Å². The number of benzene rings is 3. The van der Waals surface area contributed by atoms with Crippen LogP contribution in [0.1, 0.15) is 35.7 Å². The second kappa shape index (κ2) is 9.46. The van der Waals surface area contributed by atoms with E-state index in [1.165, 1.54) is 16.4 Å². The second-order valence-corrected chi connectivity index (χ2v) is 9.63. The number of carbonyl (C=O) groups is 2. The molecule has 0 atom stereocenters. The molecule has 3 aromatic carbocycles. The topological polar surface area (TPSA) is 95.6 Å². The van der Waals surface area contributed by atoms with Crippen LogP contribution in [0.2, 0.25) is 0 Å². The first-order valence-electron chi connectivity index (χ1n) is 10.8. The highest BCUT2D eigenvalue weighted by molar-refractivity contribution is 7.92. The van der Waals surface area contributed by atoms with Crippen LogP contribution in [-0.2, 0) is 21.2 Å². The number of fused-ring (bicyclic) bond motifs is 1. The number of nitrogens with zero attached hydrogens (tertiary/aromatic N) is 1. The highest BCUT2D eigenvalue weighted by Crippen LogP contribution is 2.32. The van der Waals surface area contributed by atoms with E-state index in [-0.39, 0.29) is 16.7 Å². The lowest BCUT2D eigenvalue weighted by molar-refractivity contribution is -0.115. The minimum atomic E-state index is -3.70. The van der Waals surface area contributed by atoms with Gasteiger partial charge in [0.1, 0.15) is 0 Å². The van der Waals surface area contributed by atoms with Gasteiger partial charge in [0.25, 0.3) is 15.9 Å². The number of carbonyl (C=O) groups excluding carboxylic acids is 2. The summed E-state index contributed by atoms with van der Waals surface area (Å²) in [5.41, 5.74) is 3.27. The van der Waals surface area contributed by atoms with E-state index < -0.39 is 10.0 Å². The molecule has 1 aliphatic heterocycles. The summed E-state index contributed by atoms with van der Waals surface area (Å²) in [7, 11) is -3.70. The van der Waals surface area contributed by atoms with Crippen molar-refractivity contribution in [3.63, 3.8) is 0 Å². The van der Waals surface area contributed by atoms with E-state index in [0.29, 0.717) is 29.9 Å². The zero-order valence-electron chi connectivity index (χ0n) is 18.2. The first kappa shape index (κ1) is 22.5. The molecule has 33 heavy (non-hydrogen) atoms. The van der Waals surface area contributed by atoms with Crippen LogP contribution < -0.4 is 14.9 Å². The number of rotatable bonds is 6. The molecule has 2 N–H and O–H groups in total. The number of hydrogen-bond donors (Lipinski definition) is 2. The van der Waals surface area contributed by atoms with Crippen molar-refractivity contribution in [2.45, 2.75) is 31.1 Å². The van der Waals surface area contributed by atoms with Crippen LogP contribution >= 0.6 is 0 Å². The molecule has 8 heteroatoms. The van der Waals surface area contributed by atoms with E-state index >= 15 is 0 Å². The van der Waals surface area contributed by atoms with Crippen molar-refractivity contribution in [2.75, 3.05) is 21.5 Å². The van der Waals surface area contributed by atoms with E-state index in [2.05, 4.69) is 10.6 Å². The number of amides is 2. The van der Waals surface area contributed by atoms with Crippen molar-refractivity contribution in [1.29, 1.82) is 0 Å². The molecule has 0 saturated heterocycles. The fraction of sp³-hybridized carbons (Fsp3) is 0.200. The molecule has 0 radical (unpaired) electrons. The van der Waals surface area contributed by atoms with Crippen LogP contribution in [0.5, 0.6) is 0 Å². The number of anilines is 3. The Morgan fingerprint density at radius 3 is 2.21 bits per heavy atom. The van der Waals surface area contributed by atoms with Crippen molar-refractivity contribution in [3.8, 4) is 0 Å². The number of sulfonamides is 1. The molecule has 3 aromatic rings. The largest absolute Gasteiger partial charge is 0.326 e. The second-order valence-electron chi connectivity index (χ2n) is 7.77. The third kappa shape index (κ3) is 4.90. The minimum absolute atomic E-state index is 0.102. The minimum Gasteiger partial charge on any atom is -0.326 e. The Morgan fingerprint density at radius 2 is 1.52 bits per heavy atom. The summed E-state index contributed by atoms with van der Waals surface area (Å²) >= 11 is 0. The first-order valence-corrected chi connectivity index (χ1v) is 12.2. The van der Waals surface area contributed by atoms with Crippen LogP contribution in [0.15, 0.2) is 77.7 Å². The number of para-hydroxylation sites is 1. The normalized spacial score (nSPS) is 13.2. The van der Waals surface area contributed by atoms with Gasteiger partial charge in [0.15, 0.2) is 0 Å². The molecule has 170 valence electrons. The highest BCUT2D eigenvalue weighted by atomic mass is 32.2.